The molecule has 0 amide bonds. The number of nitrogens with zero attached hydrogens (tertiary/aromatic N) is 1. The molecule has 0 aromatic heterocycles. The number of Topliss-reactive ketones (excluding diaryl/α,β-unsaturated/α-hetero) is 2. The number of carbonyl (C=O) groups excluding carboxylic acids is 2. The highest BCUT2D eigenvalue weighted by molar-refractivity contribution is 6.07. The van der Waals surface area contributed by atoms with Crippen LogP contribution in [0.4, 0.5) is 0 Å². The zero-order valence-corrected chi connectivity index (χ0v) is 25.9. The molecule has 3 aromatic rings. The summed E-state index contributed by atoms with van der Waals surface area (Å²) in [4.78, 5) is 42.0. The Morgan fingerprint density at radius 3 is 1.86 bits per heavy atom. The number of hydrogen-bond donors (Lipinski definition) is 1. The maximum Gasteiger partial charge on any atom is 0.335 e. The molecule has 0 atom stereocenters. The molecule has 0 unspecified atom stereocenters. The van der Waals surface area contributed by atoms with E-state index in [4.69, 9.17) is 4.74 Å². The number of ketones is 2. The van der Waals surface area contributed by atoms with Crippen molar-refractivity contribution in [2.45, 2.75) is 72.4 Å². The fourth-order valence-electron chi connectivity index (χ4n) is 7.07. The first-order chi connectivity index (χ1) is 20.9. The van der Waals surface area contributed by atoms with Crippen LogP contribution in [0.1, 0.15) is 86.3 Å². The summed E-state index contributed by atoms with van der Waals surface area (Å²) in [5.74, 6) is -0.699. The second-order valence-corrected chi connectivity index (χ2v) is 13.9. The van der Waals surface area contributed by atoms with Gasteiger partial charge >= 0.3 is 5.97 Å². The predicted molar refractivity (Wildman–Crippen MR) is 169 cm³/mol. The Kier molecular flexibility index (Phi) is 7.56. The van der Waals surface area contributed by atoms with E-state index in [9.17, 15) is 19.5 Å². The van der Waals surface area contributed by atoms with Crippen molar-refractivity contribution in [1.29, 1.82) is 0 Å². The third-order valence-corrected chi connectivity index (χ3v) is 9.03. The number of carboxylic acid groups (broad SMARTS) is 1. The van der Waals surface area contributed by atoms with Gasteiger partial charge in [0.25, 0.3) is 0 Å². The molecule has 1 aliphatic heterocycles. The number of ether oxygens (including phenoxy) is 1. The van der Waals surface area contributed by atoms with E-state index in [0.717, 1.165) is 40.9 Å². The number of para-hydroxylation sites is 1. The topological polar surface area (TPSA) is 83.9 Å². The van der Waals surface area contributed by atoms with Gasteiger partial charge in [0, 0.05) is 53.4 Å². The fourth-order valence-corrected chi connectivity index (χ4v) is 7.07. The smallest absolute Gasteiger partial charge is 0.335 e. The zero-order chi connectivity index (χ0) is 31.2. The Morgan fingerprint density at radius 1 is 0.750 bits per heavy atom. The Morgan fingerprint density at radius 2 is 1.30 bits per heavy atom. The van der Waals surface area contributed by atoms with Gasteiger partial charge < -0.3 is 14.7 Å². The van der Waals surface area contributed by atoms with Crippen molar-refractivity contribution in [2.75, 3.05) is 0 Å². The van der Waals surface area contributed by atoms with Crippen LogP contribution >= 0.6 is 0 Å². The van der Waals surface area contributed by atoms with Crippen LogP contribution < -0.4 is 4.74 Å². The van der Waals surface area contributed by atoms with Crippen molar-refractivity contribution < 1.29 is 24.2 Å². The van der Waals surface area contributed by atoms with Gasteiger partial charge in [0.2, 0.25) is 0 Å². The fraction of sp³-hybridized carbons (Fsp3) is 0.342. The molecule has 0 saturated carbocycles. The summed E-state index contributed by atoms with van der Waals surface area (Å²) >= 11 is 0. The van der Waals surface area contributed by atoms with E-state index >= 15 is 0 Å². The third-order valence-electron chi connectivity index (χ3n) is 9.03. The first-order valence-corrected chi connectivity index (χ1v) is 15.3. The van der Waals surface area contributed by atoms with E-state index in [2.05, 4.69) is 44.7 Å². The van der Waals surface area contributed by atoms with Gasteiger partial charge in [-0.05, 0) is 53.0 Å². The molecule has 226 valence electrons. The highest BCUT2D eigenvalue weighted by atomic mass is 16.5. The number of benzene rings is 3. The van der Waals surface area contributed by atoms with E-state index in [1.54, 1.807) is 24.3 Å². The van der Waals surface area contributed by atoms with Gasteiger partial charge in [-0.2, -0.15) is 0 Å². The van der Waals surface area contributed by atoms with Crippen LogP contribution in [-0.2, 0) is 22.7 Å². The van der Waals surface area contributed by atoms with Crippen molar-refractivity contribution in [3.05, 3.63) is 124 Å². The van der Waals surface area contributed by atoms with Crippen LogP contribution in [0.3, 0.4) is 0 Å². The van der Waals surface area contributed by atoms with E-state index in [1.807, 2.05) is 42.5 Å². The molecule has 6 nitrogen and oxygen atoms in total. The first-order valence-electron chi connectivity index (χ1n) is 15.3. The number of carboxylic acids is 1. The summed E-state index contributed by atoms with van der Waals surface area (Å²) in [5, 5.41) is 9.26. The lowest BCUT2D eigenvalue weighted by Gasteiger charge is -2.49. The minimum Gasteiger partial charge on any atom is -0.489 e. The average Bonchev–Trinajstić information content (AvgIpc) is 2.96. The van der Waals surface area contributed by atoms with Gasteiger partial charge in [-0.25, -0.2) is 4.79 Å². The van der Waals surface area contributed by atoms with E-state index < -0.39 is 11.9 Å². The van der Waals surface area contributed by atoms with Crippen LogP contribution in [0.2, 0.25) is 0 Å². The average molecular weight is 590 g/mol. The summed E-state index contributed by atoms with van der Waals surface area (Å²) in [7, 11) is 0. The molecule has 1 heterocycles. The Balaban J connectivity index is 1.48. The molecule has 1 N–H and O–H groups in total. The Bertz CT molecular complexity index is 1640. The predicted octanol–water partition coefficient (Wildman–Crippen LogP) is 7.85. The molecule has 6 rings (SSSR count). The lowest BCUT2D eigenvalue weighted by molar-refractivity contribution is -0.119. The van der Waals surface area contributed by atoms with E-state index in [0.29, 0.717) is 36.3 Å². The maximum absolute atomic E-state index is 14.2. The lowest BCUT2D eigenvalue weighted by Crippen LogP contribution is -2.44. The summed E-state index contributed by atoms with van der Waals surface area (Å²) in [6.07, 6.45) is 2.31. The lowest BCUT2D eigenvalue weighted by atomic mass is 9.63. The van der Waals surface area contributed by atoms with Crippen LogP contribution in [-0.4, -0.2) is 27.5 Å². The molecule has 2 aliphatic carbocycles. The van der Waals surface area contributed by atoms with Crippen molar-refractivity contribution in [3.8, 4) is 5.75 Å². The molecule has 6 heteroatoms. The number of allylic oxidation sites excluding steroid dienone is 4. The molecule has 44 heavy (non-hydrogen) atoms. The molecule has 0 bridgehead atoms. The maximum atomic E-state index is 14.2. The van der Waals surface area contributed by atoms with Crippen LogP contribution in [0, 0.1) is 10.8 Å². The molecular weight excluding hydrogens is 550 g/mol. The summed E-state index contributed by atoms with van der Waals surface area (Å²) in [6.45, 7) is 9.42. The van der Waals surface area contributed by atoms with Gasteiger partial charge in [-0.1, -0.05) is 88.4 Å². The zero-order valence-electron chi connectivity index (χ0n) is 25.9. The molecular formula is C38H39NO5. The van der Waals surface area contributed by atoms with Crippen molar-refractivity contribution in [3.63, 3.8) is 0 Å². The van der Waals surface area contributed by atoms with Crippen molar-refractivity contribution >= 4 is 17.5 Å². The molecule has 3 aliphatic rings. The minimum absolute atomic E-state index is 0.0857. The molecule has 0 spiro atoms. The standard InChI is InChI=1S/C38H39NO5/c1-37(2)18-28-34(30(40)20-37)33(27-12-8-9-13-32(27)44-23-25-14-16-26(17-15-25)36(42)43)35-29(19-38(3,4)21-31(35)41)39(28)22-24-10-6-5-7-11-24/h5-17,33H,18-23H2,1-4H3,(H,42,43). The van der Waals surface area contributed by atoms with Gasteiger partial charge in [-0.15, -0.1) is 0 Å². The SMILES string of the molecule is CC1(C)CC(=O)C2=C(C1)N(Cc1ccccc1)C1=C(C(=O)CC(C)(C)C1)C2c1ccccc1OCc1ccc(C(=O)O)cc1. The second-order valence-electron chi connectivity index (χ2n) is 13.9. The molecule has 0 fully saturated rings. The number of rotatable bonds is 7. The summed E-state index contributed by atoms with van der Waals surface area (Å²) < 4.78 is 6.38. The highest BCUT2D eigenvalue weighted by Gasteiger charge is 2.49. The van der Waals surface area contributed by atoms with Gasteiger partial charge in [0.05, 0.1) is 5.56 Å². The van der Waals surface area contributed by atoms with Gasteiger partial charge in [0.1, 0.15) is 12.4 Å². The number of hydrogen-bond acceptors (Lipinski definition) is 5. The molecule has 0 saturated heterocycles. The summed E-state index contributed by atoms with van der Waals surface area (Å²) in [5.41, 5.74) is 6.04. The first kappa shape index (κ1) is 29.6. The molecule has 0 radical (unpaired) electrons. The minimum atomic E-state index is -0.977. The quantitative estimate of drug-likeness (QED) is 0.302. The van der Waals surface area contributed by atoms with Crippen LogP contribution in [0.15, 0.2) is 101 Å². The number of carbonyl (C=O) groups is 3. The van der Waals surface area contributed by atoms with Crippen LogP contribution in [0.25, 0.3) is 0 Å². The van der Waals surface area contributed by atoms with Crippen molar-refractivity contribution in [2.24, 2.45) is 10.8 Å². The van der Waals surface area contributed by atoms with Gasteiger partial charge in [-0.3, -0.25) is 9.59 Å². The normalized spacial score (nSPS) is 19.5. The summed E-state index contributed by atoms with van der Waals surface area (Å²) in [6, 6.07) is 24.6. The van der Waals surface area contributed by atoms with Crippen LogP contribution in [0.5, 0.6) is 5.75 Å². The largest absolute Gasteiger partial charge is 0.489 e. The van der Waals surface area contributed by atoms with E-state index in [-0.39, 0.29) is 34.6 Å². The number of aromatic carboxylic acids is 1. The second kappa shape index (κ2) is 11.2. The third kappa shape index (κ3) is 5.73. The monoisotopic (exact) mass is 589 g/mol. The van der Waals surface area contributed by atoms with Gasteiger partial charge in [0.15, 0.2) is 11.6 Å². The molecule has 3 aromatic carbocycles. The Hall–Kier alpha value is -4.45. The Labute approximate surface area is 259 Å². The highest BCUT2D eigenvalue weighted by Crippen LogP contribution is 2.55. The van der Waals surface area contributed by atoms with E-state index in [1.165, 1.54) is 0 Å². The van der Waals surface area contributed by atoms with Crippen molar-refractivity contribution in [1.82, 2.24) is 4.90 Å².